The molecule has 1 aromatic rings. The Morgan fingerprint density at radius 3 is 2.27 bits per heavy atom. The lowest BCUT2D eigenvalue weighted by Crippen LogP contribution is -2.46. The second kappa shape index (κ2) is 15.4. The molecule has 0 radical (unpaired) electrons. The second-order valence-electron chi connectivity index (χ2n) is 12.1. The molecule has 1 aromatic heterocycles. The van der Waals surface area contributed by atoms with Crippen LogP contribution in [0.4, 0.5) is 10.2 Å². The van der Waals surface area contributed by atoms with Gasteiger partial charge in [0.2, 0.25) is 0 Å². The van der Waals surface area contributed by atoms with E-state index in [4.69, 9.17) is 29.0 Å². The molecule has 4 rings (SSSR count). The number of alkyl halides is 1. The molecule has 7 atom stereocenters. The fourth-order valence-electron chi connectivity index (χ4n) is 5.89. The summed E-state index contributed by atoms with van der Waals surface area (Å²) in [5, 5.41) is 13.5. The summed E-state index contributed by atoms with van der Waals surface area (Å²) in [6, 6.07) is 0.0901. The SMILES string of the molecule is CC[C@]1(COP(=O)(NC(C)C(=O)OC2CCCCC2)OC(C)C(=O)OC2CCCCC2)O[C@@H](n2ccc(N)nc2=O)[C@H](F)[C@@H]1O. The van der Waals surface area contributed by atoms with Gasteiger partial charge in [-0.2, -0.15) is 4.98 Å². The first-order valence-electron chi connectivity index (χ1n) is 15.8. The molecule has 2 saturated carbocycles. The van der Waals surface area contributed by atoms with E-state index in [1.807, 2.05) is 0 Å². The number of nitrogens with one attached hydrogen (secondary N) is 1. The number of carbonyl (C=O) groups excluding carboxylic acids is 2. The van der Waals surface area contributed by atoms with Crippen LogP contribution in [0.2, 0.25) is 0 Å². The maximum atomic E-state index is 15.4. The molecule has 254 valence electrons. The van der Waals surface area contributed by atoms with E-state index in [0.29, 0.717) is 12.8 Å². The third-order valence-electron chi connectivity index (χ3n) is 8.68. The van der Waals surface area contributed by atoms with Gasteiger partial charge in [-0.05, 0) is 77.7 Å². The van der Waals surface area contributed by atoms with Crippen molar-refractivity contribution in [3.63, 3.8) is 0 Å². The van der Waals surface area contributed by atoms with Crippen molar-refractivity contribution >= 4 is 25.5 Å². The smallest absolute Gasteiger partial charge is 0.407 e. The van der Waals surface area contributed by atoms with E-state index in [9.17, 15) is 24.1 Å². The number of aromatic nitrogens is 2. The fourth-order valence-corrected chi connectivity index (χ4v) is 7.56. The Morgan fingerprint density at radius 2 is 1.71 bits per heavy atom. The van der Waals surface area contributed by atoms with Crippen LogP contribution >= 0.6 is 7.75 Å². The van der Waals surface area contributed by atoms with Crippen molar-refractivity contribution in [3.05, 3.63) is 22.7 Å². The number of hydrogen-bond acceptors (Lipinski definition) is 12. The minimum Gasteiger partial charge on any atom is -0.461 e. The highest BCUT2D eigenvalue weighted by Gasteiger charge is 2.56. The number of nitrogens with two attached hydrogens (primary N) is 1. The van der Waals surface area contributed by atoms with Crippen LogP contribution in [0.1, 0.15) is 97.6 Å². The van der Waals surface area contributed by atoms with E-state index < -0.39 is 68.2 Å². The van der Waals surface area contributed by atoms with E-state index in [1.54, 1.807) is 6.92 Å². The molecule has 1 aliphatic heterocycles. The Hall–Kier alpha value is -2.42. The predicted octanol–water partition coefficient (Wildman–Crippen LogP) is 3.46. The molecule has 3 unspecified atom stereocenters. The summed E-state index contributed by atoms with van der Waals surface area (Å²) >= 11 is 0. The molecule has 0 bridgehead atoms. The lowest BCUT2D eigenvalue weighted by atomic mass is 9.94. The maximum absolute atomic E-state index is 15.4. The zero-order chi connectivity index (χ0) is 32.8. The number of nitrogen functional groups attached to an aromatic ring is 1. The van der Waals surface area contributed by atoms with Gasteiger partial charge in [-0.3, -0.25) is 18.4 Å². The van der Waals surface area contributed by atoms with Gasteiger partial charge in [-0.25, -0.2) is 23.6 Å². The van der Waals surface area contributed by atoms with Crippen molar-refractivity contribution in [3.8, 4) is 0 Å². The molecule has 14 nitrogen and oxygen atoms in total. The van der Waals surface area contributed by atoms with Gasteiger partial charge >= 0.3 is 25.4 Å². The summed E-state index contributed by atoms with van der Waals surface area (Å²) in [6.45, 7) is 3.65. The number of aliphatic hydroxyl groups excluding tert-OH is 1. The van der Waals surface area contributed by atoms with Crippen molar-refractivity contribution in [2.75, 3.05) is 12.3 Å². The number of ether oxygens (including phenoxy) is 3. The molecular formula is C29H46FN4O10P. The number of nitrogens with zero attached hydrogens (tertiary/aromatic N) is 2. The Morgan fingerprint density at radius 1 is 1.13 bits per heavy atom. The lowest BCUT2D eigenvalue weighted by molar-refractivity contribution is -0.159. The second-order valence-corrected chi connectivity index (χ2v) is 13.8. The zero-order valence-corrected chi connectivity index (χ0v) is 27.0. The molecule has 2 heterocycles. The van der Waals surface area contributed by atoms with E-state index in [1.165, 1.54) is 26.1 Å². The van der Waals surface area contributed by atoms with Crippen LogP contribution in [0.3, 0.4) is 0 Å². The predicted molar refractivity (Wildman–Crippen MR) is 160 cm³/mol. The van der Waals surface area contributed by atoms with Gasteiger partial charge in [-0.1, -0.05) is 19.8 Å². The summed E-state index contributed by atoms with van der Waals surface area (Å²) in [7, 11) is -4.57. The summed E-state index contributed by atoms with van der Waals surface area (Å²) in [6.07, 6.45) is 2.39. The van der Waals surface area contributed by atoms with Gasteiger partial charge in [0.1, 0.15) is 35.8 Å². The molecular weight excluding hydrogens is 614 g/mol. The number of carbonyl (C=O) groups is 2. The van der Waals surface area contributed by atoms with Crippen LogP contribution in [0.5, 0.6) is 0 Å². The van der Waals surface area contributed by atoms with Crippen molar-refractivity contribution in [2.45, 2.75) is 140 Å². The first kappa shape index (κ1) is 35.4. The Labute approximate surface area is 262 Å². The van der Waals surface area contributed by atoms with Gasteiger partial charge in [0.25, 0.3) is 0 Å². The first-order valence-corrected chi connectivity index (χ1v) is 17.4. The molecule has 2 aliphatic carbocycles. The average molecular weight is 661 g/mol. The summed E-state index contributed by atoms with van der Waals surface area (Å²) in [4.78, 5) is 41.8. The van der Waals surface area contributed by atoms with Crippen LogP contribution in [-0.4, -0.2) is 75.4 Å². The molecule has 0 aromatic carbocycles. The van der Waals surface area contributed by atoms with E-state index in [0.717, 1.165) is 55.9 Å². The summed E-state index contributed by atoms with van der Waals surface area (Å²) < 4.78 is 58.9. The highest BCUT2D eigenvalue weighted by atomic mass is 31.2. The Kier molecular flexibility index (Phi) is 12.2. The number of halogens is 1. The topological polar surface area (TPSA) is 191 Å². The van der Waals surface area contributed by atoms with Gasteiger partial charge in [0.05, 0.1) is 6.61 Å². The number of aliphatic hydroxyl groups is 1. The Bertz CT molecular complexity index is 1230. The normalized spacial score (nSPS) is 29.0. The number of hydrogen-bond donors (Lipinski definition) is 3. The van der Waals surface area contributed by atoms with Gasteiger partial charge < -0.3 is 25.1 Å². The van der Waals surface area contributed by atoms with Gasteiger partial charge in [0.15, 0.2) is 18.5 Å². The third kappa shape index (κ3) is 8.89. The highest BCUT2D eigenvalue weighted by molar-refractivity contribution is 7.51. The molecule has 1 saturated heterocycles. The molecule has 4 N–H and O–H groups in total. The van der Waals surface area contributed by atoms with Crippen LogP contribution in [0.15, 0.2) is 17.1 Å². The fraction of sp³-hybridized carbons (Fsp3) is 0.793. The maximum Gasteiger partial charge on any atom is 0.407 e. The van der Waals surface area contributed by atoms with E-state index in [2.05, 4.69) is 10.1 Å². The molecule has 0 amide bonds. The molecule has 3 fully saturated rings. The molecule has 16 heteroatoms. The standard InChI is InChI=1S/C29H46FN4O10P/c1-4-29(24(35)23(30)25(43-29)34-16-15-22(31)32-28(34)38)17-40-45(39,33-18(2)26(36)41-20-11-7-5-8-12-20)44-19(3)27(37)42-21-13-9-6-10-14-21/h15-16,18-21,23-25,35H,4-14,17H2,1-3H3,(H,33,39)(H2,31,32,38)/t18?,19?,23-,24+,25-,29-,45?/m1/s1. The molecule has 0 spiro atoms. The van der Waals surface area contributed by atoms with Crippen LogP contribution in [0.25, 0.3) is 0 Å². The number of anilines is 1. The average Bonchev–Trinajstić information content (AvgIpc) is 3.26. The monoisotopic (exact) mass is 660 g/mol. The minimum absolute atomic E-state index is 0.0409. The van der Waals surface area contributed by atoms with Crippen LogP contribution in [0, 0.1) is 0 Å². The van der Waals surface area contributed by atoms with E-state index >= 15 is 4.39 Å². The Balaban J connectivity index is 1.51. The van der Waals surface area contributed by atoms with Crippen molar-refractivity contribution < 1.29 is 46.9 Å². The number of rotatable bonds is 13. The minimum atomic E-state index is -4.57. The highest BCUT2D eigenvalue weighted by Crippen LogP contribution is 2.50. The number of esters is 2. The van der Waals surface area contributed by atoms with Crippen molar-refractivity contribution in [2.24, 2.45) is 0 Å². The van der Waals surface area contributed by atoms with Crippen LogP contribution < -0.4 is 16.5 Å². The quantitative estimate of drug-likeness (QED) is 0.206. The molecule has 3 aliphatic rings. The third-order valence-corrected chi connectivity index (χ3v) is 10.4. The lowest BCUT2D eigenvalue weighted by Gasteiger charge is -2.33. The zero-order valence-electron chi connectivity index (χ0n) is 26.1. The first-order chi connectivity index (χ1) is 21.4. The summed E-state index contributed by atoms with van der Waals surface area (Å²) in [5.41, 5.74) is 2.85. The van der Waals surface area contributed by atoms with Crippen LogP contribution in [-0.2, 0) is 37.4 Å². The van der Waals surface area contributed by atoms with Gasteiger partial charge in [0, 0.05) is 6.20 Å². The van der Waals surface area contributed by atoms with Crippen molar-refractivity contribution in [1.82, 2.24) is 14.6 Å². The van der Waals surface area contributed by atoms with E-state index in [-0.39, 0.29) is 24.4 Å². The largest absolute Gasteiger partial charge is 0.461 e. The van der Waals surface area contributed by atoms with Crippen molar-refractivity contribution in [1.29, 1.82) is 0 Å². The van der Waals surface area contributed by atoms with Gasteiger partial charge in [-0.15, -0.1) is 0 Å². The summed E-state index contributed by atoms with van der Waals surface area (Å²) in [5.74, 6) is -1.52. The molecule has 45 heavy (non-hydrogen) atoms.